The van der Waals surface area contributed by atoms with Crippen LogP contribution in [0.5, 0.6) is 0 Å². The van der Waals surface area contributed by atoms with Crippen LogP contribution >= 0.6 is 0 Å². The van der Waals surface area contributed by atoms with Crippen molar-refractivity contribution < 1.29 is 28.3 Å². The number of hydrogen-bond acceptors (Lipinski definition) is 6. The molecule has 0 aromatic heterocycles. The van der Waals surface area contributed by atoms with E-state index in [1.807, 2.05) is 6.92 Å². The Morgan fingerprint density at radius 3 is 2.61 bits per heavy atom. The first-order valence-corrected chi connectivity index (χ1v) is 12.6. The predicted octanol–water partition coefficient (Wildman–Crippen LogP) is 3.84. The van der Waals surface area contributed by atoms with Gasteiger partial charge in [0.15, 0.2) is 0 Å². The van der Waals surface area contributed by atoms with E-state index in [0.717, 1.165) is 18.4 Å². The number of nitrogens with zero attached hydrogens (tertiary/aromatic N) is 2. The number of alkyl carbamates (subject to hydrolysis) is 1. The summed E-state index contributed by atoms with van der Waals surface area (Å²) < 4.78 is 19.0. The number of halogens is 1. The fourth-order valence-electron chi connectivity index (χ4n) is 5.51. The van der Waals surface area contributed by atoms with E-state index in [9.17, 15) is 23.6 Å². The maximum atomic E-state index is 13.8. The molecule has 4 amide bonds. The van der Waals surface area contributed by atoms with Crippen molar-refractivity contribution >= 4 is 29.5 Å². The molecule has 1 heterocycles. The molecule has 2 unspecified atom stereocenters. The maximum absolute atomic E-state index is 13.8. The van der Waals surface area contributed by atoms with Gasteiger partial charge >= 0.3 is 6.09 Å². The first-order valence-electron chi connectivity index (χ1n) is 12.6. The normalized spacial score (nSPS) is 22.3. The Hall–Kier alpha value is -4.26. The summed E-state index contributed by atoms with van der Waals surface area (Å²) in [4.78, 5) is 52.5. The number of ether oxygens (including phenoxy) is 1. The van der Waals surface area contributed by atoms with E-state index in [0.29, 0.717) is 29.3 Å². The van der Waals surface area contributed by atoms with Crippen LogP contribution in [0.1, 0.15) is 61.6 Å². The topological polar surface area (TPSA) is 129 Å². The minimum absolute atomic E-state index is 0.0217. The van der Waals surface area contributed by atoms with Crippen molar-refractivity contribution in [1.29, 1.82) is 5.26 Å². The Kier molecular flexibility index (Phi) is 6.61. The van der Waals surface area contributed by atoms with Crippen LogP contribution < -0.4 is 10.6 Å². The summed E-state index contributed by atoms with van der Waals surface area (Å²) in [5.41, 5.74) is 0.770. The van der Waals surface area contributed by atoms with Crippen LogP contribution in [0.25, 0.3) is 0 Å². The molecule has 38 heavy (non-hydrogen) atoms. The molecule has 1 saturated carbocycles. The molecule has 5 rings (SSSR count). The second-order valence-electron chi connectivity index (χ2n) is 10.2. The molecule has 1 spiro atoms. The minimum Gasteiger partial charge on any atom is -0.427 e. The highest BCUT2D eigenvalue weighted by Crippen LogP contribution is 2.51. The highest BCUT2D eigenvalue weighted by molar-refractivity contribution is 6.04. The Morgan fingerprint density at radius 2 is 1.97 bits per heavy atom. The molecule has 0 radical (unpaired) electrons. The highest BCUT2D eigenvalue weighted by Gasteiger charge is 2.57. The fourth-order valence-corrected chi connectivity index (χ4v) is 5.51. The number of nitrogens with one attached hydrogen (secondary N) is 2. The molecule has 2 aromatic carbocycles. The lowest BCUT2D eigenvalue weighted by molar-refractivity contribution is -0.136. The smallest absolute Gasteiger partial charge is 0.415 e. The van der Waals surface area contributed by atoms with Crippen molar-refractivity contribution in [3.05, 3.63) is 65.0 Å². The molecule has 3 atom stereocenters. The van der Waals surface area contributed by atoms with Crippen molar-refractivity contribution in [3.63, 3.8) is 0 Å². The number of nitriles is 1. The zero-order valence-corrected chi connectivity index (χ0v) is 20.8. The molecule has 1 saturated heterocycles. The number of fused-ring (bicyclic) bond motifs is 2. The third kappa shape index (κ3) is 4.84. The summed E-state index contributed by atoms with van der Waals surface area (Å²) in [6.07, 6.45) is 1.04. The molecular formula is C28H27FN4O5. The van der Waals surface area contributed by atoms with Gasteiger partial charge in [0.2, 0.25) is 17.4 Å². The fraction of sp³-hybridized carbons (Fsp3) is 0.393. The standard InChI is InChI=1S/C28H27FN4O5/c1-16(18-4-5-18)33(15-17-2-6-20(29)7-3-17)25(35)12-19-14-28(26(36)32-27(37)38-28)23-9-8-21(13-22(19)23)31-24(34)10-11-30/h2-3,6-9,13,16,18-19H,4-5,10,12,14-15H2,1H3,(H,31,34)(H,32,36,37)/t16-,19?,28?/m0/s1. The molecule has 3 aliphatic rings. The number of rotatable bonds is 8. The van der Waals surface area contributed by atoms with Crippen LogP contribution in [0.15, 0.2) is 42.5 Å². The summed E-state index contributed by atoms with van der Waals surface area (Å²) in [7, 11) is 0. The molecule has 2 aromatic rings. The van der Waals surface area contributed by atoms with Gasteiger partial charge in [0.1, 0.15) is 12.2 Å². The number of hydrogen-bond donors (Lipinski definition) is 2. The van der Waals surface area contributed by atoms with Crippen LogP contribution in [0.3, 0.4) is 0 Å². The van der Waals surface area contributed by atoms with Gasteiger partial charge < -0.3 is 15.0 Å². The number of benzene rings is 2. The maximum Gasteiger partial charge on any atom is 0.415 e. The number of anilines is 1. The van der Waals surface area contributed by atoms with Gasteiger partial charge in [-0.25, -0.2) is 9.18 Å². The van der Waals surface area contributed by atoms with Gasteiger partial charge in [-0.3, -0.25) is 19.7 Å². The lowest BCUT2D eigenvalue weighted by Gasteiger charge is -2.31. The SMILES string of the molecule is C[C@@H](C1CC1)N(Cc1ccc(F)cc1)C(=O)CC1CC2(OC(=O)NC2=O)c2ccc(NC(=O)CC#N)cc21. The lowest BCUT2D eigenvalue weighted by Crippen LogP contribution is -2.40. The van der Waals surface area contributed by atoms with Gasteiger partial charge in [0.25, 0.3) is 5.91 Å². The summed E-state index contributed by atoms with van der Waals surface area (Å²) >= 11 is 0. The second-order valence-corrected chi connectivity index (χ2v) is 10.2. The second kappa shape index (κ2) is 9.89. The van der Waals surface area contributed by atoms with Gasteiger partial charge in [-0.05, 0) is 67.0 Å². The zero-order valence-electron chi connectivity index (χ0n) is 20.8. The predicted molar refractivity (Wildman–Crippen MR) is 133 cm³/mol. The first-order chi connectivity index (χ1) is 18.2. The molecule has 10 heteroatoms. The largest absolute Gasteiger partial charge is 0.427 e. The lowest BCUT2D eigenvalue weighted by atomic mass is 9.93. The molecule has 196 valence electrons. The van der Waals surface area contributed by atoms with Gasteiger partial charge in [-0.2, -0.15) is 5.26 Å². The quantitative estimate of drug-likeness (QED) is 0.546. The Balaban J connectivity index is 1.44. The van der Waals surface area contributed by atoms with E-state index in [-0.39, 0.29) is 37.0 Å². The van der Waals surface area contributed by atoms with Crippen LogP contribution in [0.2, 0.25) is 0 Å². The average Bonchev–Trinajstić information content (AvgIpc) is 3.63. The molecule has 9 nitrogen and oxygen atoms in total. The first kappa shape index (κ1) is 25.4. The van der Waals surface area contributed by atoms with E-state index in [1.165, 1.54) is 12.1 Å². The number of carbonyl (C=O) groups excluding carboxylic acids is 4. The average molecular weight is 519 g/mol. The van der Waals surface area contributed by atoms with Crippen molar-refractivity contribution in [3.8, 4) is 6.07 Å². The van der Waals surface area contributed by atoms with Crippen LogP contribution in [0, 0.1) is 23.1 Å². The monoisotopic (exact) mass is 518 g/mol. The Labute approximate surface area is 218 Å². The minimum atomic E-state index is -1.55. The van der Waals surface area contributed by atoms with Gasteiger partial charge in [0, 0.05) is 36.7 Å². The van der Waals surface area contributed by atoms with Gasteiger partial charge in [0.05, 0.1) is 6.07 Å². The van der Waals surface area contributed by atoms with Gasteiger partial charge in [-0.15, -0.1) is 0 Å². The highest BCUT2D eigenvalue weighted by atomic mass is 19.1. The van der Waals surface area contributed by atoms with Crippen LogP contribution in [0.4, 0.5) is 14.9 Å². The Bertz CT molecular complexity index is 1350. The third-order valence-corrected chi connectivity index (χ3v) is 7.64. The van der Waals surface area contributed by atoms with Gasteiger partial charge in [-0.1, -0.05) is 18.2 Å². The third-order valence-electron chi connectivity index (χ3n) is 7.64. The molecule has 0 bridgehead atoms. The van der Waals surface area contributed by atoms with E-state index in [1.54, 1.807) is 41.3 Å². The van der Waals surface area contributed by atoms with Crippen molar-refractivity contribution in [2.75, 3.05) is 5.32 Å². The summed E-state index contributed by atoms with van der Waals surface area (Å²) in [5.74, 6) is -1.63. The molecule has 2 fully saturated rings. The van der Waals surface area contributed by atoms with E-state index < -0.39 is 29.4 Å². The van der Waals surface area contributed by atoms with Crippen molar-refractivity contribution in [2.24, 2.45) is 5.92 Å². The summed E-state index contributed by atoms with van der Waals surface area (Å²) in [6.45, 7) is 2.33. The molecule has 2 N–H and O–H groups in total. The number of amides is 4. The number of carbonyl (C=O) groups is 4. The van der Waals surface area contributed by atoms with Crippen LogP contribution in [-0.2, 0) is 31.3 Å². The zero-order chi connectivity index (χ0) is 27.0. The van der Waals surface area contributed by atoms with E-state index in [4.69, 9.17) is 10.00 Å². The van der Waals surface area contributed by atoms with E-state index in [2.05, 4.69) is 10.6 Å². The van der Waals surface area contributed by atoms with Crippen molar-refractivity contribution in [2.45, 2.75) is 63.1 Å². The van der Waals surface area contributed by atoms with Crippen molar-refractivity contribution in [1.82, 2.24) is 10.2 Å². The summed E-state index contributed by atoms with van der Waals surface area (Å²) in [6, 6.07) is 12.7. The number of imide groups is 1. The van der Waals surface area contributed by atoms with E-state index >= 15 is 0 Å². The Morgan fingerprint density at radius 1 is 1.24 bits per heavy atom. The van der Waals surface area contributed by atoms with Crippen LogP contribution in [-0.4, -0.2) is 34.8 Å². The summed E-state index contributed by atoms with van der Waals surface area (Å²) in [5, 5.41) is 13.6. The molecule has 1 aliphatic heterocycles. The molecule has 2 aliphatic carbocycles. The molecular weight excluding hydrogens is 491 g/mol.